The summed E-state index contributed by atoms with van der Waals surface area (Å²) < 4.78 is 23.0. The van der Waals surface area contributed by atoms with E-state index in [0.29, 0.717) is 24.9 Å². The average Bonchev–Trinajstić information content (AvgIpc) is 2.68. The maximum atomic E-state index is 12.4. The van der Waals surface area contributed by atoms with Crippen LogP contribution in [0.25, 0.3) is 0 Å². The lowest BCUT2D eigenvalue weighted by Gasteiger charge is -2.17. The smallest absolute Gasteiger partial charge is 0.262 e. The summed E-state index contributed by atoms with van der Waals surface area (Å²) in [6.07, 6.45) is 0. The standard InChI is InChI=1S/C13H16ClNO3S/c1-9-7-15(8-10(9)2)13(16)11-5-3-4-6-12(11)19(14,17)18/h3-6,9-10H,7-8H2,1-2H3. The predicted molar refractivity (Wildman–Crippen MR) is 73.7 cm³/mol. The first-order chi connectivity index (χ1) is 8.80. The molecule has 1 heterocycles. The van der Waals surface area contributed by atoms with Crippen LogP contribution in [0, 0.1) is 11.8 Å². The Balaban J connectivity index is 2.36. The second-order valence-corrected chi connectivity index (χ2v) is 7.63. The summed E-state index contributed by atoms with van der Waals surface area (Å²) in [4.78, 5) is 14.0. The van der Waals surface area contributed by atoms with E-state index in [2.05, 4.69) is 13.8 Å². The molecule has 2 atom stereocenters. The minimum Gasteiger partial charge on any atom is -0.338 e. The normalized spacial score (nSPS) is 23.6. The lowest BCUT2D eigenvalue weighted by atomic mass is 10.0. The second kappa shape index (κ2) is 5.13. The molecule has 1 fully saturated rings. The first-order valence-corrected chi connectivity index (χ1v) is 8.44. The number of rotatable bonds is 2. The Bertz CT molecular complexity index is 590. The molecule has 0 aliphatic carbocycles. The van der Waals surface area contributed by atoms with Crippen LogP contribution in [0.4, 0.5) is 0 Å². The molecular weight excluding hydrogens is 286 g/mol. The number of hydrogen-bond acceptors (Lipinski definition) is 3. The number of hydrogen-bond donors (Lipinski definition) is 0. The Kier molecular flexibility index (Phi) is 3.87. The van der Waals surface area contributed by atoms with Gasteiger partial charge >= 0.3 is 0 Å². The van der Waals surface area contributed by atoms with Gasteiger partial charge in [0.25, 0.3) is 15.0 Å². The van der Waals surface area contributed by atoms with Crippen molar-refractivity contribution >= 4 is 25.6 Å². The molecule has 1 aromatic rings. The van der Waals surface area contributed by atoms with Gasteiger partial charge in [-0.2, -0.15) is 0 Å². The third-order valence-electron chi connectivity index (χ3n) is 3.66. The molecule has 104 valence electrons. The van der Waals surface area contributed by atoms with E-state index < -0.39 is 9.05 Å². The molecule has 0 bridgehead atoms. The van der Waals surface area contributed by atoms with Gasteiger partial charge in [0, 0.05) is 23.8 Å². The van der Waals surface area contributed by atoms with E-state index >= 15 is 0 Å². The predicted octanol–water partition coefficient (Wildman–Crippen LogP) is 2.34. The molecule has 1 amide bonds. The lowest BCUT2D eigenvalue weighted by Crippen LogP contribution is -2.29. The van der Waals surface area contributed by atoms with Gasteiger partial charge in [0.1, 0.15) is 0 Å². The van der Waals surface area contributed by atoms with E-state index in [1.807, 2.05) is 0 Å². The maximum absolute atomic E-state index is 12.4. The molecule has 19 heavy (non-hydrogen) atoms. The third kappa shape index (κ3) is 2.92. The van der Waals surface area contributed by atoms with Crippen molar-refractivity contribution in [2.24, 2.45) is 11.8 Å². The van der Waals surface area contributed by atoms with Gasteiger partial charge in [0.2, 0.25) is 0 Å². The van der Waals surface area contributed by atoms with Gasteiger partial charge in [-0.05, 0) is 24.0 Å². The van der Waals surface area contributed by atoms with Crippen molar-refractivity contribution in [2.45, 2.75) is 18.7 Å². The van der Waals surface area contributed by atoms with Crippen LogP contribution in [0.5, 0.6) is 0 Å². The molecule has 0 radical (unpaired) electrons. The fourth-order valence-electron chi connectivity index (χ4n) is 2.32. The summed E-state index contributed by atoms with van der Waals surface area (Å²) in [7, 11) is 1.46. The van der Waals surface area contributed by atoms with E-state index in [1.165, 1.54) is 12.1 Å². The molecule has 6 heteroatoms. The van der Waals surface area contributed by atoms with E-state index in [4.69, 9.17) is 10.7 Å². The fraction of sp³-hybridized carbons (Fsp3) is 0.462. The Hall–Kier alpha value is -1.07. The molecule has 1 saturated heterocycles. The first-order valence-electron chi connectivity index (χ1n) is 6.13. The minimum absolute atomic E-state index is 0.117. The molecular formula is C13H16ClNO3S. The van der Waals surface area contributed by atoms with Crippen LogP contribution in [-0.4, -0.2) is 32.3 Å². The van der Waals surface area contributed by atoms with Crippen molar-refractivity contribution in [3.05, 3.63) is 29.8 Å². The molecule has 1 aromatic carbocycles. The maximum Gasteiger partial charge on any atom is 0.262 e. The number of benzene rings is 1. The van der Waals surface area contributed by atoms with Gasteiger partial charge in [0.05, 0.1) is 10.5 Å². The Morgan fingerprint density at radius 3 is 2.26 bits per heavy atom. The number of carbonyl (C=O) groups is 1. The molecule has 2 rings (SSSR count). The molecule has 1 aliphatic heterocycles. The van der Waals surface area contributed by atoms with Crippen LogP contribution in [0.1, 0.15) is 24.2 Å². The molecule has 0 N–H and O–H groups in total. The average molecular weight is 302 g/mol. The second-order valence-electron chi connectivity index (χ2n) is 5.10. The van der Waals surface area contributed by atoms with E-state index in [9.17, 15) is 13.2 Å². The van der Waals surface area contributed by atoms with Crippen LogP contribution >= 0.6 is 10.7 Å². The van der Waals surface area contributed by atoms with Gasteiger partial charge in [0.15, 0.2) is 0 Å². The Morgan fingerprint density at radius 2 is 1.74 bits per heavy atom. The highest BCUT2D eigenvalue weighted by molar-refractivity contribution is 8.13. The summed E-state index contributed by atoms with van der Waals surface area (Å²) in [5.41, 5.74) is 0.152. The SMILES string of the molecule is CC1CN(C(=O)c2ccccc2S(=O)(=O)Cl)CC1C. The van der Waals surface area contributed by atoms with Crippen molar-refractivity contribution in [3.8, 4) is 0 Å². The van der Waals surface area contributed by atoms with E-state index in [0.717, 1.165) is 0 Å². The van der Waals surface area contributed by atoms with E-state index in [-0.39, 0.29) is 16.4 Å². The van der Waals surface area contributed by atoms with Gasteiger partial charge in [-0.3, -0.25) is 4.79 Å². The fourth-order valence-corrected chi connectivity index (χ4v) is 3.38. The highest BCUT2D eigenvalue weighted by atomic mass is 35.7. The third-order valence-corrected chi connectivity index (χ3v) is 5.04. The zero-order valence-electron chi connectivity index (χ0n) is 10.8. The van der Waals surface area contributed by atoms with Crippen molar-refractivity contribution < 1.29 is 13.2 Å². The van der Waals surface area contributed by atoms with Crippen LogP contribution in [0.15, 0.2) is 29.2 Å². The highest BCUT2D eigenvalue weighted by Gasteiger charge is 2.32. The summed E-state index contributed by atoms with van der Waals surface area (Å²) in [5, 5.41) is 0. The van der Waals surface area contributed by atoms with Crippen LogP contribution in [0.2, 0.25) is 0 Å². The van der Waals surface area contributed by atoms with Gasteiger partial charge < -0.3 is 4.90 Å². The van der Waals surface area contributed by atoms with Crippen LogP contribution in [0.3, 0.4) is 0 Å². The number of carbonyl (C=O) groups excluding carboxylic acids is 1. The number of halogens is 1. The molecule has 2 unspecified atom stereocenters. The highest BCUT2D eigenvalue weighted by Crippen LogP contribution is 2.26. The number of amides is 1. The summed E-state index contributed by atoms with van der Waals surface area (Å²) in [5.74, 6) is 0.573. The first kappa shape index (κ1) is 14.3. The minimum atomic E-state index is -3.91. The largest absolute Gasteiger partial charge is 0.338 e. The van der Waals surface area contributed by atoms with Crippen LogP contribution in [-0.2, 0) is 9.05 Å². The van der Waals surface area contributed by atoms with Gasteiger partial charge in [-0.15, -0.1) is 0 Å². The number of nitrogens with zero attached hydrogens (tertiary/aromatic N) is 1. The molecule has 0 spiro atoms. The van der Waals surface area contributed by atoms with Gasteiger partial charge in [-0.25, -0.2) is 8.42 Å². The topological polar surface area (TPSA) is 54.5 Å². The Morgan fingerprint density at radius 1 is 1.21 bits per heavy atom. The molecule has 0 aromatic heterocycles. The lowest BCUT2D eigenvalue weighted by molar-refractivity contribution is 0.0781. The molecule has 4 nitrogen and oxygen atoms in total. The van der Waals surface area contributed by atoms with E-state index in [1.54, 1.807) is 17.0 Å². The van der Waals surface area contributed by atoms with Crippen molar-refractivity contribution in [1.29, 1.82) is 0 Å². The number of likely N-dealkylation sites (tertiary alicyclic amines) is 1. The van der Waals surface area contributed by atoms with Crippen molar-refractivity contribution in [2.75, 3.05) is 13.1 Å². The zero-order chi connectivity index (χ0) is 14.2. The monoisotopic (exact) mass is 301 g/mol. The molecule has 1 aliphatic rings. The Labute approximate surface area is 117 Å². The zero-order valence-corrected chi connectivity index (χ0v) is 12.4. The van der Waals surface area contributed by atoms with Crippen LogP contribution < -0.4 is 0 Å². The quantitative estimate of drug-likeness (QED) is 0.788. The summed E-state index contributed by atoms with van der Waals surface area (Å²) in [6, 6.07) is 6.06. The summed E-state index contributed by atoms with van der Waals surface area (Å²) in [6.45, 7) is 5.47. The summed E-state index contributed by atoms with van der Waals surface area (Å²) >= 11 is 0. The van der Waals surface area contributed by atoms with Crippen molar-refractivity contribution in [1.82, 2.24) is 4.90 Å². The van der Waals surface area contributed by atoms with Gasteiger partial charge in [-0.1, -0.05) is 26.0 Å². The molecule has 0 saturated carbocycles. The van der Waals surface area contributed by atoms with Crippen molar-refractivity contribution in [3.63, 3.8) is 0 Å².